The van der Waals surface area contributed by atoms with Crippen LogP contribution in [0.2, 0.25) is 0 Å². The topological polar surface area (TPSA) is 68.2 Å². The normalized spacial score (nSPS) is 15.1. The van der Waals surface area contributed by atoms with Crippen molar-refractivity contribution in [1.29, 1.82) is 0 Å². The maximum Gasteiger partial charge on any atom is 0.416 e. The average molecular weight is 372 g/mol. The van der Waals surface area contributed by atoms with Gasteiger partial charge in [0.2, 0.25) is 5.88 Å². The molecule has 0 N–H and O–H groups in total. The SMILES string of the molecule is CCCc1nnsc1C(=O)N1CC(Oc2cc(C(F)(F)F)ccn2)C1. The van der Waals surface area contributed by atoms with E-state index in [1.54, 1.807) is 4.90 Å². The fourth-order valence-electron chi connectivity index (χ4n) is 2.41. The van der Waals surface area contributed by atoms with Crippen LogP contribution in [0.25, 0.3) is 0 Å². The van der Waals surface area contributed by atoms with Crippen molar-refractivity contribution in [2.24, 2.45) is 0 Å². The molecule has 2 aromatic heterocycles. The van der Waals surface area contributed by atoms with Crippen LogP contribution in [0.4, 0.5) is 13.2 Å². The van der Waals surface area contributed by atoms with Gasteiger partial charge in [0.1, 0.15) is 11.0 Å². The van der Waals surface area contributed by atoms with Gasteiger partial charge in [-0.25, -0.2) is 4.98 Å². The molecular weight excluding hydrogens is 357 g/mol. The molecule has 1 fully saturated rings. The third-order valence-electron chi connectivity index (χ3n) is 3.72. The Hall–Kier alpha value is -2.23. The lowest BCUT2D eigenvalue weighted by Crippen LogP contribution is -2.56. The van der Waals surface area contributed by atoms with E-state index in [2.05, 4.69) is 14.6 Å². The molecule has 0 atom stereocenters. The van der Waals surface area contributed by atoms with E-state index in [1.165, 1.54) is 0 Å². The number of aryl methyl sites for hydroxylation is 1. The lowest BCUT2D eigenvalue weighted by atomic mass is 10.1. The highest BCUT2D eigenvalue weighted by Crippen LogP contribution is 2.31. The number of alkyl halides is 3. The molecule has 1 amide bonds. The second-order valence-corrected chi connectivity index (χ2v) is 6.38. The van der Waals surface area contributed by atoms with Crippen LogP contribution >= 0.6 is 11.5 Å². The Morgan fingerprint density at radius 3 is 2.88 bits per heavy atom. The van der Waals surface area contributed by atoms with Crippen LogP contribution < -0.4 is 4.74 Å². The van der Waals surface area contributed by atoms with Gasteiger partial charge in [0, 0.05) is 12.3 Å². The summed E-state index contributed by atoms with van der Waals surface area (Å²) in [5.74, 6) is -0.270. The Morgan fingerprint density at radius 1 is 1.44 bits per heavy atom. The van der Waals surface area contributed by atoms with Crippen LogP contribution in [0.15, 0.2) is 18.3 Å². The molecule has 0 aromatic carbocycles. The average Bonchev–Trinajstić information content (AvgIpc) is 2.98. The fourth-order valence-corrected chi connectivity index (χ4v) is 3.09. The number of hydrogen-bond donors (Lipinski definition) is 0. The quantitative estimate of drug-likeness (QED) is 0.807. The highest BCUT2D eigenvalue weighted by Gasteiger charge is 2.36. The summed E-state index contributed by atoms with van der Waals surface area (Å²) >= 11 is 1.05. The number of halogens is 3. The summed E-state index contributed by atoms with van der Waals surface area (Å²) in [6.07, 6.45) is -2.23. The van der Waals surface area contributed by atoms with Gasteiger partial charge in [0.25, 0.3) is 5.91 Å². The standard InChI is InChI=1S/C15H15F3N4O2S/c1-2-3-11-13(25-21-20-11)14(23)22-7-10(8-22)24-12-6-9(4-5-19-12)15(16,17)18/h4-6,10H,2-3,7-8H2,1H3. The van der Waals surface area contributed by atoms with Crippen molar-refractivity contribution < 1.29 is 22.7 Å². The molecule has 1 aliphatic heterocycles. The Kier molecular flexibility index (Phi) is 4.89. The van der Waals surface area contributed by atoms with Crippen LogP contribution in [-0.4, -0.2) is 44.6 Å². The Bertz CT molecular complexity index is 759. The zero-order valence-electron chi connectivity index (χ0n) is 13.3. The molecule has 134 valence electrons. The molecule has 10 heteroatoms. The molecule has 0 spiro atoms. The minimum absolute atomic E-state index is 0.0990. The van der Waals surface area contributed by atoms with Crippen molar-refractivity contribution in [3.05, 3.63) is 34.5 Å². The van der Waals surface area contributed by atoms with E-state index in [4.69, 9.17) is 4.74 Å². The predicted molar refractivity (Wildman–Crippen MR) is 83.5 cm³/mol. The maximum absolute atomic E-state index is 12.7. The van der Waals surface area contributed by atoms with E-state index >= 15 is 0 Å². The van der Waals surface area contributed by atoms with Crippen LogP contribution in [0.5, 0.6) is 5.88 Å². The third-order valence-corrected chi connectivity index (χ3v) is 4.48. The summed E-state index contributed by atoms with van der Waals surface area (Å²) in [6, 6.07) is 1.74. The van der Waals surface area contributed by atoms with Crippen LogP contribution in [0.3, 0.4) is 0 Å². The second kappa shape index (κ2) is 6.95. The molecule has 0 unspecified atom stereocenters. The Labute approximate surface area is 145 Å². The first-order valence-electron chi connectivity index (χ1n) is 7.69. The van der Waals surface area contributed by atoms with Gasteiger partial charge >= 0.3 is 6.18 Å². The van der Waals surface area contributed by atoms with Crippen molar-refractivity contribution in [2.75, 3.05) is 13.1 Å². The first-order chi connectivity index (χ1) is 11.9. The minimum Gasteiger partial charge on any atom is -0.471 e. The van der Waals surface area contributed by atoms with Gasteiger partial charge in [0.15, 0.2) is 0 Å². The molecule has 3 rings (SSSR count). The third kappa shape index (κ3) is 3.89. The van der Waals surface area contributed by atoms with Crippen molar-refractivity contribution in [2.45, 2.75) is 32.0 Å². The lowest BCUT2D eigenvalue weighted by molar-refractivity contribution is -0.137. The van der Waals surface area contributed by atoms with E-state index in [0.717, 1.165) is 36.3 Å². The first kappa shape index (κ1) is 17.6. The van der Waals surface area contributed by atoms with Gasteiger partial charge in [-0.05, 0) is 24.0 Å². The lowest BCUT2D eigenvalue weighted by Gasteiger charge is -2.38. The predicted octanol–water partition coefficient (Wildman–Crippen LogP) is 2.81. The molecule has 6 nitrogen and oxygen atoms in total. The number of hydrogen-bond acceptors (Lipinski definition) is 6. The number of rotatable bonds is 5. The summed E-state index contributed by atoms with van der Waals surface area (Å²) < 4.78 is 47.3. The number of carbonyl (C=O) groups is 1. The van der Waals surface area contributed by atoms with Crippen molar-refractivity contribution >= 4 is 17.4 Å². The van der Waals surface area contributed by atoms with Crippen molar-refractivity contribution in [3.63, 3.8) is 0 Å². The summed E-state index contributed by atoms with van der Waals surface area (Å²) in [4.78, 5) is 18.3. The molecule has 0 saturated carbocycles. The number of aromatic nitrogens is 3. The summed E-state index contributed by atoms with van der Waals surface area (Å²) in [7, 11) is 0. The molecule has 25 heavy (non-hydrogen) atoms. The number of pyridine rings is 1. The second-order valence-electron chi connectivity index (χ2n) is 5.63. The highest BCUT2D eigenvalue weighted by atomic mass is 32.1. The Morgan fingerprint density at radius 2 is 2.20 bits per heavy atom. The number of amides is 1. The summed E-state index contributed by atoms with van der Waals surface area (Å²) in [5.41, 5.74) is -0.133. The first-order valence-corrected chi connectivity index (χ1v) is 8.46. The molecule has 1 saturated heterocycles. The number of carbonyl (C=O) groups excluding carboxylic acids is 1. The monoisotopic (exact) mass is 372 g/mol. The number of ether oxygens (including phenoxy) is 1. The van der Waals surface area contributed by atoms with Gasteiger partial charge in [-0.15, -0.1) is 5.10 Å². The number of likely N-dealkylation sites (tertiary alicyclic amines) is 1. The van der Waals surface area contributed by atoms with E-state index in [1.807, 2.05) is 6.92 Å². The minimum atomic E-state index is -4.45. The highest BCUT2D eigenvalue weighted by molar-refractivity contribution is 7.08. The Balaban J connectivity index is 1.58. The van der Waals surface area contributed by atoms with Gasteiger partial charge in [-0.2, -0.15) is 13.2 Å². The van der Waals surface area contributed by atoms with Crippen LogP contribution in [0, 0.1) is 0 Å². The zero-order valence-corrected chi connectivity index (χ0v) is 14.1. The van der Waals surface area contributed by atoms with E-state index in [-0.39, 0.29) is 17.9 Å². The number of nitrogens with zero attached hydrogens (tertiary/aromatic N) is 4. The molecule has 3 heterocycles. The van der Waals surface area contributed by atoms with E-state index < -0.39 is 11.7 Å². The van der Waals surface area contributed by atoms with Gasteiger partial charge < -0.3 is 9.64 Å². The molecule has 0 radical (unpaired) electrons. The fraction of sp³-hybridized carbons (Fsp3) is 0.467. The smallest absolute Gasteiger partial charge is 0.416 e. The van der Waals surface area contributed by atoms with E-state index in [0.29, 0.717) is 30.1 Å². The van der Waals surface area contributed by atoms with Crippen LogP contribution in [0.1, 0.15) is 34.3 Å². The van der Waals surface area contributed by atoms with Gasteiger partial charge in [0.05, 0.1) is 24.3 Å². The van der Waals surface area contributed by atoms with Crippen molar-refractivity contribution in [1.82, 2.24) is 19.5 Å². The maximum atomic E-state index is 12.7. The zero-order chi connectivity index (χ0) is 18.0. The van der Waals surface area contributed by atoms with Crippen LogP contribution in [-0.2, 0) is 12.6 Å². The molecule has 2 aromatic rings. The largest absolute Gasteiger partial charge is 0.471 e. The molecule has 0 bridgehead atoms. The summed E-state index contributed by atoms with van der Waals surface area (Å²) in [6.45, 7) is 2.57. The summed E-state index contributed by atoms with van der Waals surface area (Å²) in [5, 5.41) is 3.96. The van der Waals surface area contributed by atoms with Gasteiger partial charge in [-0.3, -0.25) is 4.79 Å². The molecule has 0 aliphatic carbocycles. The van der Waals surface area contributed by atoms with E-state index in [9.17, 15) is 18.0 Å². The van der Waals surface area contributed by atoms with Gasteiger partial charge in [-0.1, -0.05) is 17.8 Å². The molecular formula is C15H15F3N4O2S. The molecule has 1 aliphatic rings. The van der Waals surface area contributed by atoms with Crippen molar-refractivity contribution in [3.8, 4) is 5.88 Å².